The fourth-order valence-corrected chi connectivity index (χ4v) is 1.81. The molecule has 0 fully saturated rings. The van der Waals surface area contributed by atoms with Gasteiger partial charge in [0.25, 0.3) is 5.69 Å². The molecule has 1 rings (SSSR count). The van der Waals surface area contributed by atoms with E-state index in [2.05, 4.69) is 15.4 Å². The van der Waals surface area contributed by atoms with E-state index in [9.17, 15) is 19.7 Å². The van der Waals surface area contributed by atoms with E-state index in [1.807, 2.05) is 0 Å². The number of anilines is 1. The molecule has 0 spiro atoms. The van der Waals surface area contributed by atoms with Gasteiger partial charge < -0.3 is 15.4 Å². The monoisotopic (exact) mass is 345 g/mol. The number of carbonyl (C=O) groups excluding carboxylic acids is 2. The van der Waals surface area contributed by atoms with Crippen molar-refractivity contribution in [3.63, 3.8) is 0 Å². The number of nitro benzene ring substituents is 1. The molecule has 0 unspecified atom stereocenters. The van der Waals surface area contributed by atoms with Crippen LogP contribution in [0.4, 0.5) is 11.4 Å². The van der Waals surface area contributed by atoms with Gasteiger partial charge in [-0.3, -0.25) is 19.7 Å². The Morgan fingerprint density at radius 3 is 2.68 bits per heavy atom. The average Bonchev–Trinajstić information content (AvgIpc) is 2.46. The maximum absolute atomic E-state index is 11.5. The van der Waals surface area contributed by atoms with E-state index in [0.717, 1.165) is 6.07 Å². The van der Waals surface area contributed by atoms with E-state index in [-0.39, 0.29) is 34.4 Å². The SMILES string of the molecule is COC(=O)CCC(=O)NC(=S)Nc1ccc(Cl)cc1[N+](=O)[O-]. The lowest BCUT2D eigenvalue weighted by atomic mass is 10.2. The maximum Gasteiger partial charge on any atom is 0.306 e. The van der Waals surface area contributed by atoms with Crippen LogP contribution >= 0.6 is 23.8 Å². The summed E-state index contributed by atoms with van der Waals surface area (Å²) in [6.07, 6.45) is -0.205. The first-order chi connectivity index (χ1) is 10.3. The van der Waals surface area contributed by atoms with Crippen LogP contribution < -0.4 is 10.6 Å². The first-order valence-corrected chi connectivity index (χ1v) is 6.73. The Bertz CT molecular complexity index is 623. The van der Waals surface area contributed by atoms with Crippen molar-refractivity contribution in [1.29, 1.82) is 0 Å². The lowest BCUT2D eigenvalue weighted by Gasteiger charge is -2.09. The second kappa shape index (κ2) is 8.25. The summed E-state index contributed by atoms with van der Waals surface area (Å²) in [5, 5.41) is 15.8. The molecule has 1 aromatic carbocycles. The van der Waals surface area contributed by atoms with Gasteiger partial charge in [-0.1, -0.05) is 11.6 Å². The molecule has 22 heavy (non-hydrogen) atoms. The van der Waals surface area contributed by atoms with E-state index in [1.165, 1.54) is 19.2 Å². The third kappa shape index (κ3) is 5.62. The number of halogens is 1. The topological polar surface area (TPSA) is 111 Å². The summed E-state index contributed by atoms with van der Waals surface area (Å²) in [5.41, 5.74) is -0.189. The van der Waals surface area contributed by atoms with Gasteiger partial charge in [0.05, 0.1) is 18.5 Å². The van der Waals surface area contributed by atoms with Crippen molar-refractivity contribution in [2.75, 3.05) is 12.4 Å². The minimum atomic E-state index is -0.629. The molecule has 0 atom stereocenters. The summed E-state index contributed by atoms with van der Waals surface area (Å²) in [4.78, 5) is 32.7. The van der Waals surface area contributed by atoms with Crippen LogP contribution in [0.2, 0.25) is 5.02 Å². The van der Waals surface area contributed by atoms with E-state index in [4.69, 9.17) is 23.8 Å². The number of hydrogen-bond donors (Lipinski definition) is 2. The highest BCUT2D eigenvalue weighted by Crippen LogP contribution is 2.27. The lowest BCUT2D eigenvalue weighted by molar-refractivity contribution is -0.383. The van der Waals surface area contributed by atoms with Gasteiger partial charge in [0, 0.05) is 17.5 Å². The quantitative estimate of drug-likeness (QED) is 0.363. The Balaban J connectivity index is 2.64. The number of benzene rings is 1. The summed E-state index contributed by atoms with van der Waals surface area (Å²) in [7, 11) is 1.21. The Morgan fingerprint density at radius 2 is 2.09 bits per heavy atom. The molecule has 1 aromatic rings. The molecule has 0 bridgehead atoms. The van der Waals surface area contributed by atoms with Gasteiger partial charge in [0.15, 0.2) is 5.11 Å². The highest BCUT2D eigenvalue weighted by atomic mass is 35.5. The number of rotatable bonds is 5. The van der Waals surface area contributed by atoms with Crippen LogP contribution in [0.3, 0.4) is 0 Å². The molecule has 0 aromatic heterocycles. The zero-order chi connectivity index (χ0) is 16.7. The van der Waals surface area contributed by atoms with Gasteiger partial charge in [0.2, 0.25) is 5.91 Å². The Kier molecular flexibility index (Phi) is 6.67. The van der Waals surface area contributed by atoms with Gasteiger partial charge >= 0.3 is 5.97 Å². The third-order valence-corrected chi connectivity index (χ3v) is 2.88. The molecular formula is C12H12ClN3O5S. The second-order valence-corrected chi connectivity index (χ2v) is 4.84. The Hall–Kier alpha value is -2.26. The largest absolute Gasteiger partial charge is 0.469 e. The number of esters is 1. The number of hydrogen-bond acceptors (Lipinski definition) is 6. The van der Waals surface area contributed by atoms with Crippen molar-refractivity contribution in [3.05, 3.63) is 33.3 Å². The number of nitrogens with zero attached hydrogens (tertiary/aromatic N) is 1. The fourth-order valence-electron chi connectivity index (χ4n) is 1.42. The first-order valence-electron chi connectivity index (χ1n) is 5.95. The highest BCUT2D eigenvalue weighted by molar-refractivity contribution is 7.80. The number of ether oxygens (including phenoxy) is 1. The summed E-state index contributed by atoms with van der Waals surface area (Å²) >= 11 is 10.6. The standard InChI is InChI=1S/C12H12ClN3O5S/c1-21-11(18)5-4-10(17)15-12(22)14-8-3-2-7(13)6-9(8)16(19)20/h2-3,6H,4-5H2,1H3,(H2,14,15,17,22). The van der Waals surface area contributed by atoms with Gasteiger partial charge in [-0.05, 0) is 24.4 Å². The van der Waals surface area contributed by atoms with Crippen LogP contribution in [0.5, 0.6) is 0 Å². The molecule has 1 amide bonds. The molecule has 0 radical (unpaired) electrons. The molecule has 10 heteroatoms. The summed E-state index contributed by atoms with van der Waals surface area (Å²) < 4.78 is 4.40. The minimum absolute atomic E-state index is 0.0904. The van der Waals surface area contributed by atoms with E-state index in [1.54, 1.807) is 0 Å². The predicted octanol–water partition coefficient (Wildman–Crippen LogP) is 2.01. The number of carbonyl (C=O) groups is 2. The number of methoxy groups -OCH3 is 1. The Labute approximate surface area is 135 Å². The van der Waals surface area contributed by atoms with Gasteiger partial charge in [-0.15, -0.1) is 0 Å². The normalized spacial score (nSPS) is 9.73. The molecule has 0 heterocycles. The minimum Gasteiger partial charge on any atom is -0.469 e. The van der Waals surface area contributed by atoms with Gasteiger partial charge in [0.1, 0.15) is 5.69 Å². The fraction of sp³-hybridized carbons (Fsp3) is 0.250. The van der Waals surface area contributed by atoms with Gasteiger partial charge in [-0.25, -0.2) is 0 Å². The molecular weight excluding hydrogens is 334 g/mol. The number of nitrogens with one attached hydrogen (secondary N) is 2. The van der Waals surface area contributed by atoms with Gasteiger partial charge in [-0.2, -0.15) is 0 Å². The molecule has 0 aliphatic heterocycles. The molecule has 2 N–H and O–H groups in total. The van der Waals surface area contributed by atoms with Crippen molar-refractivity contribution in [1.82, 2.24) is 5.32 Å². The average molecular weight is 346 g/mol. The van der Waals surface area contributed by atoms with Crippen molar-refractivity contribution >= 4 is 52.2 Å². The van der Waals surface area contributed by atoms with Crippen LogP contribution in [0, 0.1) is 10.1 Å². The zero-order valence-corrected chi connectivity index (χ0v) is 13.0. The molecule has 118 valence electrons. The molecule has 8 nitrogen and oxygen atoms in total. The van der Waals surface area contributed by atoms with E-state index >= 15 is 0 Å². The van der Waals surface area contributed by atoms with Crippen molar-refractivity contribution in [3.8, 4) is 0 Å². The molecule has 0 aliphatic rings. The van der Waals surface area contributed by atoms with Crippen LogP contribution in [0.1, 0.15) is 12.8 Å². The van der Waals surface area contributed by atoms with Crippen LogP contribution in [0.25, 0.3) is 0 Å². The molecule has 0 saturated carbocycles. The second-order valence-electron chi connectivity index (χ2n) is 4.00. The smallest absolute Gasteiger partial charge is 0.306 e. The van der Waals surface area contributed by atoms with Crippen molar-refractivity contribution in [2.45, 2.75) is 12.8 Å². The molecule has 0 saturated heterocycles. The lowest BCUT2D eigenvalue weighted by Crippen LogP contribution is -2.34. The van der Waals surface area contributed by atoms with Crippen LogP contribution in [-0.2, 0) is 14.3 Å². The number of amides is 1. The van der Waals surface area contributed by atoms with Crippen LogP contribution in [-0.4, -0.2) is 29.0 Å². The maximum atomic E-state index is 11.5. The molecule has 0 aliphatic carbocycles. The number of thiocarbonyl (C=S) groups is 1. The summed E-state index contributed by atoms with van der Waals surface area (Å²) in [6.45, 7) is 0. The Morgan fingerprint density at radius 1 is 1.41 bits per heavy atom. The van der Waals surface area contributed by atoms with E-state index in [0.29, 0.717) is 0 Å². The number of nitro groups is 1. The van der Waals surface area contributed by atoms with Crippen molar-refractivity contribution < 1.29 is 19.2 Å². The van der Waals surface area contributed by atoms with E-state index < -0.39 is 16.8 Å². The zero-order valence-electron chi connectivity index (χ0n) is 11.4. The van der Waals surface area contributed by atoms with Crippen molar-refractivity contribution in [2.24, 2.45) is 0 Å². The highest BCUT2D eigenvalue weighted by Gasteiger charge is 2.16. The first kappa shape index (κ1) is 17.8. The third-order valence-electron chi connectivity index (χ3n) is 2.44. The predicted molar refractivity (Wildman–Crippen MR) is 83.7 cm³/mol. The summed E-state index contributed by atoms with van der Waals surface area (Å²) in [6, 6.07) is 3.97. The summed E-state index contributed by atoms with van der Waals surface area (Å²) in [5.74, 6) is -1.04. The van der Waals surface area contributed by atoms with Crippen LogP contribution in [0.15, 0.2) is 18.2 Å².